The molecule has 0 spiro atoms. The van der Waals surface area contributed by atoms with Gasteiger partial charge < -0.3 is 0 Å². The summed E-state index contributed by atoms with van der Waals surface area (Å²) in [5, 5.41) is 13.3. The molecule has 72 valence electrons. The number of nitro groups is 1. The molecule has 1 aromatic heterocycles. The van der Waals surface area contributed by atoms with Gasteiger partial charge in [-0.15, -0.1) is 24.0 Å². The Morgan fingerprint density at radius 2 is 2.21 bits per heavy atom. The van der Waals surface area contributed by atoms with Crippen LogP contribution < -0.4 is 0 Å². The minimum atomic E-state index is -0.410. The Hall–Kier alpha value is -0.780. The number of halogens is 1. The highest BCUT2D eigenvalue weighted by Gasteiger charge is 2.16. The van der Waals surface area contributed by atoms with Crippen molar-refractivity contribution in [3.63, 3.8) is 0 Å². The molecule has 0 aliphatic heterocycles. The second-order valence-electron chi connectivity index (χ2n) is 2.68. The third kappa shape index (κ3) is 1.47. The average Bonchev–Trinajstić information content (AvgIpc) is 2.47. The van der Waals surface area contributed by atoms with Crippen molar-refractivity contribution in [2.24, 2.45) is 0 Å². The van der Waals surface area contributed by atoms with Crippen LogP contribution in [0.2, 0.25) is 5.02 Å². The largest absolute Gasteiger partial charge is 0.288 e. The number of rotatable bonds is 1. The molecule has 0 bridgehead atoms. The van der Waals surface area contributed by atoms with E-state index in [-0.39, 0.29) is 5.69 Å². The number of fused-ring (bicyclic) bond motifs is 1. The van der Waals surface area contributed by atoms with Gasteiger partial charge in [0, 0.05) is 14.6 Å². The lowest BCUT2D eigenvalue weighted by Gasteiger charge is -1.96. The number of thiophene rings is 1. The lowest BCUT2D eigenvalue weighted by Crippen LogP contribution is -1.85. The molecule has 0 saturated carbocycles. The molecular weight excluding hydrogens is 242 g/mol. The van der Waals surface area contributed by atoms with Crippen molar-refractivity contribution >= 4 is 51.3 Å². The second-order valence-corrected chi connectivity index (χ2v) is 4.51. The number of benzene rings is 1. The van der Waals surface area contributed by atoms with E-state index in [1.165, 1.54) is 16.7 Å². The van der Waals surface area contributed by atoms with E-state index in [2.05, 4.69) is 12.6 Å². The lowest BCUT2D eigenvalue weighted by molar-refractivity contribution is -0.382. The minimum Gasteiger partial charge on any atom is -0.258 e. The number of nitrogens with zero attached hydrogens (tertiary/aromatic N) is 1. The van der Waals surface area contributed by atoms with E-state index < -0.39 is 4.92 Å². The molecule has 2 rings (SSSR count). The summed E-state index contributed by atoms with van der Waals surface area (Å²) < 4.78 is 0.786. The van der Waals surface area contributed by atoms with Gasteiger partial charge in [-0.1, -0.05) is 11.6 Å². The third-order valence-electron chi connectivity index (χ3n) is 1.80. The Kier molecular flexibility index (Phi) is 2.38. The third-order valence-corrected chi connectivity index (χ3v) is 3.28. The Balaban J connectivity index is 2.85. The van der Waals surface area contributed by atoms with Crippen LogP contribution in [0.1, 0.15) is 0 Å². The molecule has 6 heteroatoms. The van der Waals surface area contributed by atoms with E-state index in [1.807, 2.05) is 0 Å². The lowest BCUT2D eigenvalue weighted by atomic mass is 10.2. The van der Waals surface area contributed by atoms with Gasteiger partial charge in [0.15, 0.2) is 0 Å². The first-order valence-electron chi connectivity index (χ1n) is 3.63. The van der Waals surface area contributed by atoms with Crippen LogP contribution in [0.5, 0.6) is 0 Å². The Labute approximate surface area is 93.9 Å². The smallest absolute Gasteiger partial charge is 0.258 e. The molecule has 0 aliphatic carbocycles. The summed E-state index contributed by atoms with van der Waals surface area (Å²) in [6, 6.07) is 3.31. The Morgan fingerprint density at radius 1 is 1.50 bits per heavy atom. The summed E-state index contributed by atoms with van der Waals surface area (Å²) in [5.41, 5.74) is 0.0895. The minimum absolute atomic E-state index is 0.0895. The van der Waals surface area contributed by atoms with Crippen LogP contribution in [0.4, 0.5) is 5.69 Å². The van der Waals surface area contributed by atoms with Crippen LogP contribution in [0.3, 0.4) is 0 Å². The van der Waals surface area contributed by atoms with Crippen molar-refractivity contribution in [3.05, 3.63) is 32.6 Å². The normalized spacial score (nSPS) is 10.7. The van der Waals surface area contributed by atoms with Gasteiger partial charge in [-0.3, -0.25) is 10.1 Å². The summed E-state index contributed by atoms with van der Waals surface area (Å²) in [7, 11) is 0. The monoisotopic (exact) mass is 245 g/mol. The zero-order chi connectivity index (χ0) is 10.3. The fourth-order valence-corrected chi connectivity index (χ4v) is 3.01. The maximum Gasteiger partial charge on any atom is 0.288 e. The fraction of sp³-hybridized carbons (Fsp3) is 0. The predicted molar refractivity (Wildman–Crippen MR) is 60.7 cm³/mol. The van der Waals surface area contributed by atoms with Crippen molar-refractivity contribution in [1.29, 1.82) is 0 Å². The quantitative estimate of drug-likeness (QED) is 0.472. The van der Waals surface area contributed by atoms with Crippen LogP contribution in [-0.4, -0.2) is 4.92 Å². The summed E-state index contributed by atoms with van der Waals surface area (Å²) >= 11 is 11.3. The zero-order valence-electron chi connectivity index (χ0n) is 6.73. The van der Waals surface area contributed by atoms with Crippen LogP contribution in [-0.2, 0) is 0 Å². The number of hydrogen-bond donors (Lipinski definition) is 1. The molecule has 1 aromatic carbocycles. The van der Waals surface area contributed by atoms with Crippen molar-refractivity contribution in [1.82, 2.24) is 0 Å². The molecule has 0 aliphatic rings. The Morgan fingerprint density at radius 3 is 2.86 bits per heavy atom. The first-order chi connectivity index (χ1) is 6.59. The molecule has 0 fully saturated rings. The SMILES string of the molecule is O=[N+]([O-])c1csc2cc(Cl)cc(S)c12. The molecule has 14 heavy (non-hydrogen) atoms. The van der Waals surface area contributed by atoms with Gasteiger partial charge in [-0.2, -0.15) is 0 Å². The van der Waals surface area contributed by atoms with Crippen molar-refractivity contribution in [2.45, 2.75) is 4.90 Å². The van der Waals surface area contributed by atoms with Crippen LogP contribution in [0.15, 0.2) is 22.4 Å². The van der Waals surface area contributed by atoms with Gasteiger partial charge in [0.05, 0.1) is 15.7 Å². The van der Waals surface area contributed by atoms with Gasteiger partial charge in [0.2, 0.25) is 0 Å². The predicted octanol–water partition coefficient (Wildman–Crippen LogP) is 3.75. The maximum absolute atomic E-state index is 10.7. The number of thiol groups is 1. The van der Waals surface area contributed by atoms with Crippen LogP contribution in [0, 0.1) is 10.1 Å². The molecule has 0 atom stereocenters. The topological polar surface area (TPSA) is 43.1 Å². The summed E-state index contributed by atoms with van der Waals surface area (Å²) in [5.74, 6) is 0. The average molecular weight is 246 g/mol. The molecule has 0 radical (unpaired) electrons. The standard InChI is InChI=1S/C8H4ClNO2S2/c9-4-1-6(13)8-5(10(11)12)3-14-7(8)2-4/h1-3,13H. The molecule has 1 heterocycles. The van der Waals surface area contributed by atoms with E-state index in [1.54, 1.807) is 12.1 Å². The maximum atomic E-state index is 10.7. The molecule has 0 amide bonds. The van der Waals surface area contributed by atoms with E-state index in [9.17, 15) is 10.1 Å². The highest BCUT2D eigenvalue weighted by Crippen LogP contribution is 2.37. The van der Waals surface area contributed by atoms with Crippen LogP contribution in [0.25, 0.3) is 10.1 Å². The fourth-order valence-electron chi connectivity index (χ4n) is 1.23. The van der Waals surface area contributed by atoms with E-state index >= 15 is 0 Å². The zero-order valence-corrected chi connectivity index (χ0v) is 9.20. The second kappa shape index (κ2) is 3.42. The summed E-state index contributed by atoms with van der Waals surface area (Å²) in [6.45, 7) is 0. The molecule has 0 N–H and O–H groups in total. The van der Waals surface area contributed by atoms with Crippen molar-refractivity contribution < 1.29 is 4.92 Å². The highest BCUT2D eigenvalue weighted by atomic mass is 35.5. The first-order valence-corrected chi connectivity index (χ1v) is 5.34. The van der Waals surface area contributed by atoms with E-state index in [4.69, 9.17) is 11.6 Å². The van der Waals surface area contributed by atoms with Gasteiger partial charge in [-0.05, 0) is 12.1 Å². The van der Waals surface area contributed by atoms with Gasteiger partial charge in [0.25, 0.3) is 5.69 Å². The molecule has 2 aromatic rings. The molecule has 0 unspecified atom stereocenters. The molecule has 0 saturated heterocycles. The first kappa shape index (κ1) is 9.76. The van der Waals surface area contributed by atoms with Gasteiger partial charge in [0.1, 0.15) is 0 Å². The Bertz CT molecular complexity index is 523. The highest BCUT2D eigenvalue weighted by molar-refractivity contribution is 7.80. The van der Waals surface area contributed by atoms with Gasteiger partial charge in [-0.25, -0.2) is 0 Å². The summed E-state index contributed by atoms with van der Waals surface area (Å²) in [6.07, 6.45) is 0. The number of hydrogen-bond acceptors (Lipinski definition) is 4. The van der Waals surface area contributed by atoms with Gasteiger partial charge >= 0.3 is 0 Å². The molecular formula is C8H4ClNO2S2. The van der Waals surface area contributed by atoms with E-state index in [0.29, 0.717) is 15.3 Å². The summed E-state index contributed by atoms with van der Waals surface area (Å²) in [4.78, 5) is 10.8. The molecule has 3 nitrogen and oxygen atoms in total. The van der Waals surface area contributed by atoms with Crippen molar-refractivity contribution in [2.75, 3.05) is 0 Å². The van der Waals surface area contributed by atoms with Crippen molar-refractivity contribution in [3.8, 4) is 0 Å². The van der Waals surface area contributed by atoms with Crippen LogP contribution >= 0.6 is 35.6 Å². The van der Waals surface area contributed by atoms with E-state index in [0.717, 1.165) is 4.70 Å².